The highest BCUT2D eigenvalue weighted by Gasteiger charge is 2.17. The second-order valence-corrected chi connectivity index (χ2v) is 3.75. The summed E-state index contributed by atoms with van der Waals surface area (Å²) in [7, 11) is -4.28. The molecule has 10 heavy (non-hydrogen) atoms. The van der Waals surface area contributed by atoms with E-state index in [0.717, 1.165) is 0 Å². The fourth-order valence-corrected chi connectivity index (χ4v) is 1.02. The molecular weight excluding hydrogens is 180 g/mol. The molecule has 0 rings (SSSR count). The van der Waals surface area contributed by atoms with Gasteiger partial charge in [0.2, 0.25) is 0 Å². The van der Waals surface area contributed by atoms with Gasteiger partial charge in [-0.2, -0.15) is 8.42 Å². The van der Waals surface area contributed by atoms with Crippen LogP contribution in [0.2, 0.25) is 0 Å². The number of rotatable bonds is 4. The average molecular weight is 189 g/mol. The molecule has 4 nitrogen and oxygen atoms in total. The number of aliphatic hydroxyl groups is 1. The van der Waals surface area contributed by atoms with E-state index in [2.05, 4.69) is 0 Å². The Bertz CT molecular complexity index is 176. The van der Waals surface area contributed by atoms with Crippen LogP contribution in [0, 0.1) is 0 Å². The summed E-state index contributed by atoms with van der Waals surface area (Å²) in [5.74, 6) is 0.270. The highest BCUT2D eigenvalue weighted by atomic mass is 35.5. The summed E-state index contributed by atoms with van der Waals surface area (Å²) in [5, 5.41) is 8.62. The summed E-state index contributed by atoms with van der Waals surface area (Å²) in [6.07, 6.45) is 0.338. The monoisotopic (exact) mass is 188 g/mol. The Labute approximate surface area is 64.6 Å². The predicted molar refractivity (Wildman–Crippen MR) is 37.5 cm³/mol. The molecule has 2 N–H and O–H groups in total. The first kappa shape index (κ1) is 10.2. The maximum atomic E-state index is 10.1. The van der Waals surface area contributed by atoms with Crippen LogP contribution in [-0.2, 0) is 10.1 Å². The normalized spacial score (nSPS) is 15.1. The van der Waals surface area contributed by atoms with Crippen LogP contribution in [-0.4, -0.2) is 29.4 Å². The predicted octanol–water partition coefficient (Wildman–Crippen LogP) is 0.212. The van der Waals surface area contributed by atoms with Gasteiger partial charge in [-0.05, 0) is 12.8 Å². The molecular formula is C4H9ClO4S. The zero-order valence-corrected chi connectivity index (χ0v) is 6.77. The Morgan fingerprint density at radius 3 is 2.30 bits per heavy atom. The number of aliphatic hydroxyl groups excluding tert-OH is 1. The molecule has 0 aliphatic carbocycles. The molecule has 0 bridgehead atoms. The third kappa shape index (κ3) is 4.05. The Kier molecular flexibility index (Phi) is 4.19. The smallest absolute Gasteiger partial charge is 0.291 e. The van der Waals surface area contributed by atoms with Gasteiger partial charge in [-0.1, -0.05) is 0 Å². The average Bonchev–Trinajstić information content (AvgIpc) is 1.80. The lowest BCUT2D eigenvalue weighted by Crippen LogP contribution is -2.19. The highest BCUT2D eigenvalue weighted by Crippen LogP contribution is 2.03. The summed E-state index contributed by atoms with van der Waals surface area (Å²) >= 11 is 5.21. The zero-order valence-electron chi connectivity index (χ0n) is 5.20. The Morgan fingerprint density at radius 1 is 1.50 bits per heavy atom. The van der Waals surface area contributed by atoms with Crippen molar-refractivity contribution in [2.75, 3.05) is 5.88 Å². The largest absolute Gasteiger partial charge is 0.375 e. The van der Waals surface area contributed by atoms with Crippen molar-refractivity contribution in [2.24, 2.45) is 0 Å². The first-order chi connectivity index (χ1) is 4.48. The number of halogens is 1. The van der Waals surface area contributed by atoms with Gasteiger partial charge in [0, 0.05) is 5.88 Å². The van der Waals surface area contributed by atoms with E-state index >= 15 is 0 Å². The van der Waals surface area contributed by atoms with E-state index in [0.29, 0.717) is 6.42 Å². The second kappa shape index (κ2) is 4.12. The van der Waals surface area contributed by atoms with Gasteiger partial charge in [0.15, 0.2) is 5.44 Å². The molecule has 0 fully saturated rings. The van der Waals surface area contributed by atoms with Gasteiger partial charge in [-0.3, -0.25) is 4.55 Å². The van der Waals surface area contributed by atoms with Gasteiger partial charge in [0.25, 0.3) is 10.1 Å². The van der Waals surface area contributed by atoms with Gasteiger partial charge >= 0.3 is 0 Å². The van der Waals surface area contributed by atoms with E-state index in [9.17, 15) is 8.42 Å². The van der Waals surface area contributed by atoms with E-state index in [1.165, 1.54) is 0 Å². The molecule has 0 spiro atoms. The van der Waals surface area contributed by atoms with E-state index in [1.807, 2.05) is 0 Å². The minimum atomic E-state index is -4.28. The van der Waals surface area contributed by atoms with Gasteiger partial charge in [-0.25, -0.2) is 0 Å². The molecule has 1 unspecified atom stereocenters. The molecule has 62 valence electrons. The fourth-order valence-electron chi connectivity index (χ4n) is 0.401. The van der Waals surface area contributed by atoms with Gasteiger partial charge < -0.3 is 5.11 Å². The summed E-state index contributed by atoms with van der Waals surface area (Å²) < 4.78 is 28.4. The third-order valence-corrected chi connectivity index (χ3v) is 2.12. The van der Waals surface area contributed by atoms with E-state index in [-0.39, 0.29) is 12.3 Å². The van der Waals surface area contributed by atoms with Gasteiger partial charge in [0.1, 0.15) is 0 Å². The molecule has 6 heteroatoms. The van der Waals surface area contributed by atoms with E-state index in [1.54, 1.807) is 0 Å². The van der Waals surface area contributed by atoms with Crippen molar-refractivity contribution in [3.63, 3.8) is 0 Å². The molecule has 0 aliphatic heterocycles. The van der Waals surface area contributed by atoms with Crippen LogP contribution in [0.1, 0.15) is 12.8 Å². The standard InChI is InChI=1S/C4H9ClO4S/c5-3-1-2-4(6)10(7,8)9/h4,6H,1-3H2,(H,7,8,9). The Balaban J connectivity index is 3.75. The van der Waals surface area contributed by atoms with E-state index < -0.39 is 15.6 Å². The maximum Gasteiger partial charge on any atom is 0.291 e. The van der Waals surface area contributed by atoms with Crippen molar-refractivity contribution in [2.45, 2.75) is 18.3 Å². The molecule has 0 saturated heterocycles. The molecule has 1 atom stereocenters. The molecule has 0 aromatic rings. The van der Waals surface area contributed by atoms with Crippen LogP contribution in [0.15, 0.2) is 0 Å². The number of hydrogen-bond acceptors (Lipinski definition) is 3. The van der Waals surface area contributed by atoms with Crippen LogP contribution >= 0.6 is 11.6 Å². The lowest BCUT2D eigenvalue weighted by molar-refractivity contribution is 0.223. The first-order valence-electron chi connectivity index (χ1n) is 2.69. The van der Waals surface area contributed by atoms with Crippen LogP contribution in [0.5, 0.6) is 0 Å². The van der Waals surface area contributed by atoms with Crippen LogP contribution in [0.3, 0.4) is 0 Å². The van der Waals surface area contributed by atoms with Crippen LogP contribution < -0.4 is 0 Å². The third-order valence-electron chi connectivity index (χ3n) is 0.929. The molecule has 0 aromatic carbocycles. The Hall–Kier alpha value is 0.160. The van der Waals surface area contributed by atoms with Crippen LogP contribution in [0.4, 0.5) is 0 Å². The molecule has 0 heterocycles. The topological polar surface area (TPSA) is 74.6 Å². The van der Waals surface area contributed by atoms with Crippen molar-refractivity contribution in [1.82, 2.24) is 0 Å². The molecule has 0 aliphatic rings. The van der Waals surface area contributed by atoms with Crippen molar-refractivity contribution >= 4 is 21.7 Å². The maximum absolute atomic E-state index is 10.1. The van der Waals surface area contributed by atoms with Crippen molar-refractivity contribution in [1.29, 1.82) is 0 Å². The summed E-state index contributed by atoms with van der Waals surface area (Å²) in [6, 6.07) is 0. The Morgan fingerprint density at radius 2 is 2.00 bits per heavy atom. The summed E-state index contributed by atoms with van der Waals surface area (Å²) in [5.41, 5.74) is -1.69. The number of hydrogen-bond donors (Lipinski definition) is 2. The molecule has 0 saturated carbocycles. The lowest BCUT2D eigenvalue weighted by Gasteiger charge is -2.03. The summed E-state index contributed by atoms with van der Waals surface area (Å²) in [6.45, 7) is 0. The first-order valence-corrected chi connectivity index (χ1v) is 4.72. The van der Waals surface area contributed by atoms with Crippen molar-refractivity contribution in [3.8, 4) is 0 Å². The molecule has 0 aromatic heterocycles. The molecule has 0 radical (unpaired) electrons. The zero-order chi connectivity index (χ0) is 8.20. The van der Waals surface area contributed by atoms with Crippen molar-refractivity contribution in [3.05, 3.63) is 0 Å². The van der Waals surface area contributed by atoms with Crippen LogP contribution in [0.25, 0.3) is 0 Å². The number of alkyl halides is 1. The van der Waals surface area contributed by atoms with Crippen molar-refractivity contribution < 1.29 is 18.1 Å². The van der Waals surface area contributed by atoms with Gasteiger partial charge in [-0.15, -0.1) is 11.6 Å². The second-order valence-electron chi connectivity index (χ2n) is 1.80. The highest BCUT2D eigenvalue weighted by molar-refractivity contribution is 7.86. The summed E-state index contributed by atoms with van der Waals surface area (Å²) in [4.78, 5) is 0. The SMILES string of the molecule is O=S(=O)(O)C(O)CCCCl. The van der Waals surface area contributed by atoms with E-state index in [4.69, 9.17) is 21.3 Å². The minimum Gasteiger partial charge on any atom is -0.375 e. The van der Waals surface area contributed by atoms with Gasteiger partial charge in [0.05, 0.1) is 0 Å². The lowest BCUT2D eigenvalue weighted by atomic mass is 10.4. The minimum absolute atomic E-state index is 0.0255. The fraction of sp³-hybridized carbons (Fsp3) is 1.00. The molecule has 0 amide bonds. The quantitative estimate of drug-likeness (QED) is 0.489.